The molecule has 0 N–H and O–H groups in total. The maximum absolute atomic E-state index is 15.4. The summed E-state index contributed by atoms with van der Waals surface area (Å²) in [7, 11) is 0. The highest BCUT2D eigenvalue weighted by Crippen LogP contribution is 2.31. The van der Waals surface area contributed by atoms with Gasteiger partial charge in [0, 0.05) is 5.56 Å². The van der Waals surface area contributed by atoms with Gasteiger partial charge >= 0.3 is 5.88 Å². The fourth-order valence-corrected chi connectivity index (χ4v) is 7.28. The van der Waals surface area contributed by atoms with Crippen molar-refractivity contribution in [1.82, 2.24) is 4.98 Å². The Balaban J connectivity index is 0.000000273. The number of aryl methyl sites for hydroxylation is 1. The zero-order valence-electron chi connectivity index (χ0n) is 33.9. The van der Waals surface area contributed by atoms with Crippen LogP contribution >= 0.6 is 0 Å². The standard InChI is InChI=1S/C24BF20.C20H19N2O2/c26-5-1(6(27)14(35)21(42)13(5)34)25(2-7(28)15(36)22(43)16(37)8(2)29,3-9(30)17(38)23(44)18(39)10(3)31)4-11(32)19(40)24(45)20(41)12(4)33;1-15-7-6-10-19(16(15)2)24-20-13-21-11-12-22(20)14-18(23)17-8-4-3-5-9-17/h;3-13H,14H2,1-2H3/q-1;+1. The molecule has 0 aliphatic carbocycles. The number of hydrogen-bond donors (Lipinski definition) is 0. The number of aromatic nitrogens is 2. The first kappa shape index (κ1) is 50.9. The smallest absolute Gasteiger partial charge is 0.392 e. The van der Waals surface area contributed by atoms with E-state index in [1.54, 1.807) is 23.2 Å². The lowest BCUT2D eigenvalue weighted by Crippen LogP contribution is -2.81. The Labute approximate surface area is 372 Å². The van der Waals surface area contributed by atoms with Crippen molar-refractivity contribution >= 4 is 33.8 Å². The molecule has 1 aromatic heterocycles. The molecule has 0 saturated heterocycles. The van der Waals surface area contributed by atoms with Crippen LogP contribution in [0.1, 0.15) is 21.5 Å². The third-order valence-electron chi connectivity index (χ3n) is 10.7. The largest absolute Gasteiger partial charge is 0.404 e. The number of ether oxygens (including phenoxy) is 1. The second kappa shape index (κ2) is 19.3. The Morgan fingerprint density at radius 1 is 0.464 bits per heavy atom. The lowest BCUT2D eigenvalue weighted by Gasteiger charge is -2.44. The molecular formula is C44H19BF20N2O2. The molecule has 25 heteroatoms. The Bertz CT molecular complexity index is 2850. The number of carbonyl (C=O) groups is 1. The molecule has 7 rings (SSSR count). The predicted molar refractivity (Wildman–Crippen MR) is 200 cm³/mol. The monoisotopic (exact) mass is 998 g/mol. The van der Waals surface area contributed by atoms with Gasteiger partial charge < -0.3 is 4.74 Å². The molecule has 4 nitrogen and oxygen atoms in total. The fraction of sp³-hybridized carbons (Fsp3) is 0.0682. The number of carbonyl (C=O) groups excluding carboxylic acids is 1. The van der Waals surface area contributed by atoms with Gasteiger partial charge in [-0.25, -0.2) is 92.8 Å². The van der Waals surface area contributed by atoms with Gasteiger partial charge in [0.05, 0.1) is 6.20 Å². The molecule has 0 radical (unpaired) electrons. The fourth-order valence-electron chi connectivity index (χ4n) is 7.28. The summed E-state index contributed by atoms with van der Waals surface area (Å²) < 4.78 is 302. The van der Waals surface area contributed by atoms with Crippen LogP contribution < -0.4 is 31.2 Å². The molecule has 1 heterocycles. The number of ketones is 1. The van der Waals surface area contributed by atoms with Gasteiger partial charge in [-0.05, 0) is 31.0 Å². The number of Topliss-reactive ketones (excluding diaryl/α,β-unsaturated/α-hetero) is 1. The highest BCUT2D eigenvalue weighted by atomic mass is 19.2. The molecule has 0 aliphatic rings. The van der Waals surface area contributed by atoms with Gasteiger partial charge in [-0.3, -0.25) is 4.79 Å². The molecule has 0 saturated carbocycles. The SMILES string of the molecule is Cc1cccc(Oc2cncc[n+]2CC(=O)c2ccccc2)c1C.Fc1c(F)c(F)c([B-](c2c(F)c(F)c(F)c(F)c2F)(c2c(F)c(F)c(F)c(F)c2F)c2c(F)c(F)c(F)c(F)c2F)c(F)c1F. The van der Waals surface area contributed by atoms with Crippen LogP contribution in [0.25, 0.3) is 0 Å². The predicted octanol–water partition coefficient (Wildman–Crippen LogP) is 9.51. The second-order valence-electron chi connectivity index (χ2n) is 14.4. The van der Waals surface area contributed by atoms with Crippen molar-refractivity contribution in [2.24, 2.45) is 0 Å². The minimum atomic E-state index is -7.22. The molecule has 360 valence electrons. The van der Waals surface area contributed by atoms with Gasteiger partial charge in [-0.15, -0.1) is 21.9 Å². The average Bonchev–Trinajstić information content (AvgIpc) is 3.33. The number of rotatable bonds is 9. The highest BCUT2D eigenvalue weighted by Gasteiger charge is 2.52. The maximum atomic E-state index is 15.4. The molecule has 6 aromatic carbocycles. The summed E-state index contributed by atoms with van der Waals surface area (Å²) in [6, 6.07) is 15.1. The molecule has 69 heavy (non-hydrogen) atoms. The quantitative estimate of drug-likeness (QED) is 0.0362. The zero-order chi connectivity index (χ0) is 51.3. The van der Waals surface area contributed by atoms with Gasteiger partial charge in [-0.1, -0.05) is 42.5 Å². The maximum Gasteiger partial charge on any atom is 0.392 e. The normalized spacial score (nSPS) is 11.4. The van der Waals surface area contributed by atoms with Crippen molar-refractivity contribution in [3.8, 4) is 11.6 Å². The van der Waals surface area contributed by atoms with Gasteiger partial charge in [0.1, 0.15) is 64.6 Å². The highest BCUT2D eigenvalue weighted by molar-refractivity contribution is 7.20. The van der Waals surface area contributed by atoms with Crippen molar-refractivity contribution < 1.29 is 102 Å². The number of hydrogen-bond acceptors (Lipinski definition) is 3. The number of halogens is 20. The van der Waals surface area contributed by atoms with Crippen LogP contribution in [0.2, 0.25) is 0 Å². The first-order valence-electron chi connectivity index (χ1n) is 18.7. The van der Waals surface area contributed by atoms with E-state index < -0.39 is 144 Å². The van der Waals surface area contributed by atoms with Crippen LogP contribution in [0.5, 0.6) is 11.6 Å². The second-order valence-corrected chi connectivity index (χ2v) is 14.4. The van der Waals surface area contributed by atoms with E-state index in [1.165, 1.54) is 0 Å². The van der Waals surface area contributed by atoms with E-state index in [0.29, 0.717) is 11.4 Å². The Kier molecular flexibility index (Phi) is 14.2. The first-order valence-corrected chi connectivity index (χ1v) is 18.7. The topological polar surface area (TPSA) is 43.1 Å². The summed E-state index contributed by atoms with van der Waals surface area (Å²) in [5.74, 6) is -70.1. The third-order valence-corrected chi connectivity index (χ3v) is 10.7. The molecule has 0 spiro atoms. The molecule has 0 amide bonds. The van der Waals surface area contributed by atoms with E-state index in [4.69, 9.17) is 4.74 Å². The van der Waals surface area contributed by atoms with E-state index in [-0.39, 0.29) is 12.3 Å². The summed E-state index contributed by atoms with van der Waals surface area (Å²) in [5, 5.41) is 0. The summed E-state index contributed by atoms with van der Waals surface area (Å²) in [6.45, 7) is 4.26. The Morgan fingerprint density at radius 3 is 1.14 bits per heavy atom. The number of benzene rings is 6. The summed E-state index contributed by atoms with van der Waals surface area (Å²) in [5.41, 5.74) is -11.4. The summed E-state index contributed by atoms with van der Waals surface area (Å²) in [6.07, 6.45) is -2.19. The minimum absolute atomic E-state index is 0.0256. The van der Waals surface area contributed by atoms with E-state index in [1.807, 2.05) is 62.4 Å². The van der Waals surface area contributed by atoms with Gasteiger partial charge in [0.2, 0.25) is 12.3 Å². The van der Waals surface area contributed by atoms with Crippen LogP contribution in [0.4, 0.5) is 87.8 Å². The molecule has 0 fully saturated rings. The van der Waals surface area contributed by atoms with Crippen LogP contribution in [0, 0.1) is 130 Å². The van der Waals surface area contributed by atoms with Crippen molar-refractivity contribution in [3.05, 3.63) is 200 Å². The van der Waals surface area contributed by atoms with Crippen molar-refractivity contribution in [1.29, 1.82) is 0 Å². The third kappa shape index (κ3) is 8.36. The molecule has 0 bridgehead atoms. The van der Waals surface area contributed by atoms with Crippen molar-refractivity contribution in [2.75, 3.05) is 0 Å². The van der Waals surface area contributed by atoms with Crippen LogP contribution in [-0.4, -0.2) is 16.9 Å². The van der Waals surface area contributed by atoms with Gasteiger partial charge in [-0.2, -0.15) is 4.57 Å². The van der Waals surface area contributed by atoms with E-state index >= 15 is 35.1 Å². The lowest BCUT2D eigenvalue weighted by atomic mass is 9.12. The molecule has 0 unspecified atom stereocenters. The van der Waals surface area contributed by atoms with E-state index in [9.17, 15) is 57.5 Å². The Morgan fingerprint density at radius 2 is 0.797 bits per heavy atom. The van der Waals surface area contributed by atoms with Gasteiger partial charge in [0.25, 0.3) is 0 Å². The van der Waals surface area contributed by atoms with Crippen LogP contribution in [0.15, 0.2) is 67.1 Å². The van der Waals surface area contributed by atoms with E-state index in [2.05, 4.69) is 4.98 Å². The Hall–Kier alpha value is -7.47. The van der Waals surface area contributed by atoms with Gasteiger partial charge in [0.15, 0.2) is 76.0 Å². The average molecular weight is 998 g/mol. The first-order chi connectivity index (χ1) is 32.3. The van der Waals surface area contributed by atoms with E-state index in [0.717, 1.165) is 16.9 Å². The molecule has 7 aromatic rings. The number of nitrogens with zero attached hydrogens (tertiary/aromatic N) is 2. The van der Waals surface area contributed by atoms with Crippen LogP contribution in [0.3, 0.4) is 0 Å². The summed E-state index contributed by atoms with van der Waals surface area (Å²) >= 11 is 0. The van der Waals surface area contributed by atoms with Crippen LogP contribution in [-0.2, 0) is 6.54 Å². The molecule has 0 aliphatic heterocycles. The van der Waals surface area contributed by atoms with Crippen molar-refractivity contribution in [2.45, 2.75) is 20.4 Å². The molecular weight excluding hydrogens is 979 g/mol. The lowest BCUT2D eigenvalue weighted by molar-refractivity contribution is -0.687. The zero-order valence-corrected chi connectivity index (χ0v) is 33.9. The summed E-state index contributed by atoms with van der Waals surface area (Å²) in [4.78, 5) is 16.6. The van der Waals surface area contributed by atoms with Crippen molar-refractivity contribution in [3.63, 3.8) is 0 Å². The molecule has 0 atom stereocenters. The minimum Gasteiger partial charge on any atom is -0.404 e.